The second-order valence-electron chi connectivity index (χ2n) is 3.92. The Bertz CT molecular complexity index is 606. The molecule has 2 aromatic heterocycles. The van der Waals surface area contributed by atoms with Crippen molar-refractivity contribution in [2.45, 2.75) is 26.5 Å². The number of hydrogen-bond acceptors (Lipinski definition) is 6. The Balaban J connectivity index is 2.04. The van der Waals surface area contributed by atoms with Crippen LogP contribution >= 0.6 is 0 Å². The number of ether oxygens (including phenoxy) is 1. The molecule has 0 aliphatic carbocycles. The first-order chi connectivity index (χ1) is 8.15. The molecule has 1 aliphatic heterocycles. The van der Waals surface area contributed by atoms with Gasteiger partial charge in [-0.25, -0.2) is 14.0 Å². The Morgan fingerprint density at radius 1 is 1.47 bits per heavy atom. The summed E-state index contributed by atoms with van der Waals surface area (Å²) in [5.41, 5.74) is -0.279. The van der Waals surface area contributed by atoms with Gasteiger partial charge in [-0.05, 0) is 12.1 Å². The van der Waals surface area contributed by atoms with Gasteiger partial charge in [-0.3, -0.25) is 0 Å². The zero-order valence-electron chi connectivity index (χ0n) is 9.45. The fourth-order valence-electron chi connectivity index (χ4n) is 1.61. The average molecular weight is 237 g/mol. The predicted molar refractivity (Wildman–Crippen MR) is 54.9 cm³/mol. The Morgan fingerprint density at radius 2 is 2.24 bits per heavy atom. The molecule has 1 fully saturated rings. The standard InChI is InChI=1S/C9H11N5O3/c1-5-11-13(3-7-4-16-7)9(15)14(5)8-10-6(2)17-12-8/h7H,3-4H2,1-2H3. The Kier molecular flexibility index (Phi) is 2.11. The van der Waals surface area contributed by atoms with Gasteiger partial charge in [-0.15, -0.1) is 0 Å². The van der Waals surface area contributed by atoms with Crippen molar-refractivity contribution in [2.75, 3.05) is 6.61 Å². The summed E-state index contributed by atoms with van der Waals surface area (Å²) in [6.07, 6.45) is 0.0995. The lowest BCUT2D eigenvalue weighted by atomic mass is 10.5. The number of aryl methyl sites for hydroxylation is 2. The van der Waals surface area contributed by atoms with Crippen LogP contribution in [0.4, 0.5) is 0 Å². The van der Waals surface area contributed by atoms with Gasteiger partial charge in [-0.1, -0.05) is 0 Å². The van der Waals surface area contributed by atoms with Crippen LogP contribution in [0.25, 0.3) is 5.95 Å². The molecule has 0 aromatic carbocycles. The van der Waals surface area contributed by atoms with Gasteiger partial charge in [0.25, 0.3) is 5.95 Å². The van der Waals surface area contributed by atoms with Crippen molar-refractivity contribution in [3.8, 4) is 5.95 Å². The number of epoxide rings is 1. The van der Waals surface area contributed by atoms with Crippen LogP contribution in [0.5, 0.6) is 0 Å². The molecular formula is C9H11N5O3. The quantitative estimate of drug-likeness (QED) is 0.664. The molecule has 3 heterocycles. The molecule has 8 heteroatoms. The van der Waals surface area contributed by atoms with E-state index in [4.69, 9.17) is 9.26 Å². The highest BCUT2D eigenvalue weighted by atomic mass is 16.6. The van der Waals surface area contributed by atoms with Gasteiger partial charge in [-0.2, -0.15) is 10.1 Å². The highest BCUT2D eigenvalue weighted by Crippen LogP contribution is 2.10. The van der Waals surface area contributed by atoms with E-state index in [1.807, 2.05) is 0 Å². The zero-order valence-corrected chi connectivity index (χ0v) is 9.45. The Labute approximate surface area is 95.8 Å². The van der Waals surface area contributed by atoms with E-state index >= 15 is 0 Å². The Morgan fingerprint density at radius 3 is 2.82 bits per heavy atom. The fourth-order valence-corrected chi connectivity index (χ4v) is 1.61. The van der Waals surface area contributed by atoms with Crippen LogP contribution in [0, 0.1) is 13.8 Å². The summed E-state index contributed by atoms with van der Waals surface area (Å²) in [5.74, 6) is 1.15. The molecular weight excluding hydrogens is 226 g/mol. The highest BCUT2D eigenvalue weighted by Gasteiger charge is 2.26. The van der Waals surface area contributed by atoms with E-state index in [0.717, 1.165) is 0 Å². The van der Waals surface area contributed by atoms with Crippen molar-refractivity contribution in [3.63, 3.8) is 0 Å². The first kappa shape index (κ1) is 10.2. The van der Waals surface area contributed by atoms with Crippen molar-refractivity contribution < 1.29 is 9.26 Å². The maximum atomic E-state index is 12.0. The van der Waals surface area contributed by atoms with Crippen LogP contribution in [-0.4, -0.2) is 37.2 Å². The van der Waals surface area contributed by atoms with Crippen LogP contribution in [-0.2, 0) is 11.3 Å². The summed E-state index contributed by atoms with van der Waals surface area (Å²) in [6, 6.07) is 0. The first-order valence-electron chi connectivity index (χ1n) is 5.24. The van der Waals surface area contributed by atoms with E-state index in [1.165, 1.54) is 9.25 Å². The van der Waals surface area contributed by atoms with Gasteiger partial charge >= 0.3 is 5.69 Å². The van der Waals surface area contributed by atoms with E-state index in [2.05, 4.69) is 15.2 Å². The molecule has 1 saturated heterocycles. The number of nitrogens with zero attached hydrogens (tertiary/aromatic N) is 5. The number of rotatable bonds is 3. The molecule has 1 unspecified atom stereocenters. The van der Waals surface area contributed by atoms with Crippen molar-refractivity contribution in [2.24, 2.45) is 0 Å². The summed E-state index contributed by atoms with van der Waals surface area (Å²) in [4.78, 5) is 16.1. The molecule has 3 rings (SSSR count). The van der Waals surface area contributed by atoms with Crippen LogP contribution in [0.15, 0.2) is 9.32 Å². The van der Waals surface area contributed by atoms with Crippen molar-refractivity contribution in [3.05, 3.63) is 22.2 Å². The van der Waals surface area contributed by atoms with E-state index in [-0.39, 0.29) is 17.7 Å². The minimum absolute atomic E-state index is 0.0995. The number of aromatic nitrogens is 5. The second kappa shape index (κ2) is 3.52. The molecule has 0 bridgehead atoms. The maximum Gasteiger partial charge on any atom is 0.353 e. The first-order valence-corrected chi connectivity index (χ1v) is 5.24. The molecule has 0 spiro atoms. The van der Waals surface area contributed by atoms with E-state index in [1.54, 1.807) is 13.8 Å². The minimum atomic E-state index is -0.279. The summed E-state index contributed by atoms with van der Waals surface area (Å²) in [7, 11) is 0. The molecule has 0 N–H and O–H groups in total. The van der Waals surface area contributed by atoms with Gasteiger partial charge in [0.1, 0.15) is 11.9 Å². The van der Waals surface area contributed by atoms with Crippen molar-refractivity contribution >= 4 is 0 Å². The lowest BCUT2D eigenvalue weighted by molar-refractivity contribution is 0.369. The molecule has 0 amide bonds. The van der Waals surface area contributed by atoms with Gasteiger partial charge < -0.3 is 9.26 Å². The predicted octanol–water partition coefficient (Wildman–Crippen LogP) is -0.567. The van der Waals surface area contributed by atoms with Crippen LogP contribution in [0.1, 0.15) is 11.7 Å². The second-order valence-corrected chi connectivity index (χ2v) is 3.92. The maximum absolute atomic E-state index is 12.0. The lowest BCUT2D eigenvalue weighted by Crippen LogP contribution is -2.26. The monoisotopic (exact) mass is 237 g/mol. The molecule has 0 saturated carbocycles. The fraction of sp³-hybridized carbons (Fsp3) is 0.556. The summed E-state index contributed by atoms with van der Waals surface area (Å²) in [5, 5.41) is 7.85. The molecule has 1 atom stereocenters. The van der Waals surface area contributed by atoms with Crippen molar-refractivity contribution in [1.82, 2.24) is 24.5 Å². The van der Waals surface area contributed by atoms with Crippen LogP contribution in [0.2, 0.25) is 0 Å². The topological polar surface area (TPSA) is 91.3 Å². The largest absolute Gasteiger partial charge is 0.371 e. The molecule has 2 aromatic rings. The van der Waals surface area contributed by atoms with Gasteiger partial charge in [0.2, 0.25) is 5.89 Å². The number of hydrogen-bond donors (Lipinski definition) is 0. The van der Waals surface area contributed by atoms with Crippen LogP contribution in [0.3, 0.4) is 0 Å². The molecule has 1 aliphatic rings. The molecule has 8 nitrogen and oxygen atoms in total. The summed E-state index contributed by atoms with van der Waals surface area (Å²) < 4.78 is 12.6. The van der Waals surface area contributed by atoms with E-state index in [0.29, 0.717) is 24.9 Å². The van der Waals surface area contributed by atoms with Gasteiger partial charge in [0.05, 0.1) is 13.2 Å². The average Bonchev–Trinajstić information content (AvgIpc) is 2.92. The van der Waals surface area contributed by atoms with E-state index < -0.39 is 0 Å². The third-order valence-electron chi connectivity index (χ3n) is 2.50. The summed E-state index contributed by atoms with van der Waals surface area (Å²) in [6.45, 7) is 4.53. The molecule has 17 heavy (non-hydrogen) atoms. The van der Waals surface area contributed by atoms with Crippen LogP contribution < -0.4 is 5.69 Å². The molecule has 0 radical (unpaired) electrons. The summed E-state index contributed by atoms with van der Waals surface area (Å²) >= 11 is 0. The third kappa shape index (κ3) is 1.76. The van der Waals surface area contributed by atoms with E-state index in [9.17, 15) is 4.79 Å². The van der Waals surface area contributed by atoms with Gasteiger partial charge in [0, 0.05) is 6.92 Å². The molecule has 90 valence electrons. The zero-order chi connectivity index (χ0) is 12.0. The normalized spacial score (nSPS) is 18.6. The minimum Gasteiger partial charge on any atom is -0.371 e. The third-order valence-corrected chi connectivity index (χ3v) is 2.50. The Hall–Kier alpha value is -1.96. The lowest BCUT2D eigenvalue weighted by Gasteiger charge is -1.93. The van der Waals surface area contributed by atoms with Crippen molar-refractivity contribution in [1.29, 1.82) is 0 Å². The highest BCUT2D eigenvalue weighted by molar-refractivity contribution is 5.10. The van der Waals surface area contributed by atoms with Gasteiger partial charge in [0.15, 0.2) is 0 Å². The smallest absolute Gasteiger partial charge is 0.353 e. The SMILES string of the molecule is Cc1nc(-n2c(C)nn(CC3CO3)c2=O)no1.